The standard InChI is InChI=1S/C35H43N5O8/c1-41-29-19-37-34(39-32(29)43-3)47-22-26-17-36-18-27(23-48-35-38-20-30(42-2)33(40-35)44-4)31(26)25-11-13-28(14-12-25)46-16-8-15-45-21-24-9-6-5-7-10-24/h5-7,9-14,19-20,26-27,31,36H,8,15-18,21-23H2,1-4H3/t26-,27+,31?. The first-order valence-corrected chi connectivity index (χ1v) is 15.8. The molecule has 3 heterocycles. The van der Waals surface area contributed by atoms with E-state index < -0.39 is 0 Å². The first kappa shape index (κ1) is 34.5. The van der Waals surface area contributed by atoms with Crippen molar-refractivity contribution in [2.45, 2.75) is 18.9 Å². The molecule has 5 rings (SSSR count). The molecule has 1 aliphatic rings. The maximum Gasteiger partial charge on any atom is 0.319 e. The summed E-state index contributed by atoms with van der Waals surface area (Å²) < 4.78 is 45.2. The van der Waals surface area contributed by atoms with Crippen molar-refractivity contribution >= 4 is 0 Å². The van der Waals surface area contributed by atoms with Gasteiger partial charge >= 0.3 is 12.0 Å². The maximum atomic E-state index is 6.11. The fourth-order valence-corrected chi connectivity index (χ4v) is 5.62. The summed E-state index contributed by atoms with van der Waals surface area (Å²) >= 11 is 0. The first-order valence-electron chi connectivity index (χ1n) is 15.8. The molecule has 1 unspecified atom stereocenters. The predicted molar refractivity (Wildman–Crippen MR) is 177 cm³/mol. The van der Waals surface area contributed by atoms with Crippen molar-refractivity contribution in [3.8, 4) is 41.0 Å². The number of piperidine rings is 1. The van der Waals surface area contributed by atoms with Crippen LogP contribution in [0.2, 0.25) is 0 Å². The number of hydrogen-bond donors (Lipinski definition) is 1. The van der Waals surface area contributed by atoms with Crippen molar-refractivity contribution in [2.75, 3.05) is 68.0 Å². The van der Waals surface area contributed by atoms with Crippen molar-refractivity contribution in [3.05, 3.63) is 78.1 Å². The van der Waals surface area contributed by atoms with Gasteiger partial charge in [-0.1, -0.05) is 42.5 Å². The fraction of sp³-hybridized carbons (Fsp3) is 0.429. The first-order chi connectivity index (χ1) is 23.6. The molecule has 4 aromatic rings. The Morgan fingerprint density at radius 3 is 1.79 bits per heavy atom. The summed E-state index contributed by atoms with van der Waals surface area (Å²) in [4.78, 5) is 17.3. The Kier molecular flexibility index (Phi) is 12.8. The smallest absolute Gasteiger partial charge is 0.319 e. The monoisotopic (exact) mass is 661 g/mol. The van der Waals surface area contributed by atoms with Crippen LogP contribution in [0.1, 0.15) is 23.5 Å². The molecule has 0 aliphatic carbocycles. The zero-order valence-electron chi connectivity index (χ0n) is 27.8. The van der Waals surface area contributed by atoms with Crippen molar-refractivity contribution in [2.24, 2.45) is 11.8 Å². The summed E-state index contributed by atoms with van der Waals surface area (Å²) in [6, 6.07) is 18.8. The lowest BCUT2D eigenvalue weighted by atomic mass is 9.75. The summed E-state index contributed by atoms with van der Waals surface area (Å²) in [7, 11) is 6.12. The van der Waals surface area contributed by atoms with E-state index in [1.165, 1.54) is 40.8 Å². The molecule has 3 atom stereocenters. The number of nitrogens with one attached hydrogen (secondary N) is 1. The Morgan fingerprint density at radius 1 is 0.667 bits per heavy atom. The minimum Gasteiger partial charge on any atom is -0.494 e. The number of methoxy groups -OCH3 is 4. The van der Waals surface area contributed by atoms with Gasteiger partial charge in [0.25, 0.3) is 11.8 Å². The van der Waals surface area contributed by atoms with E-state index in [-0.39, 0.29) is 29.8 Å². The molecule has 48 heavy (non-hydrogen) atoms. The van der Waals surface area contributed by atoms with Crippen LogP contribution in [0.4, 0.5) is 0 Å². The Morgan fingerprint density at radius 2 is 1.25 bits per heavy atom. The van der Waals surface area contributed by atoms with Crippen molar-refractivity contribution < 1.29 is 37.9 Å². The lowest BCUT2D eigenvalue weighted by Gasteiger charge is -2.38. The zero-order valence-corrected chi connectivity index (χ0v) is 27.8. The highest BCUT2D eigenvalue weighted by molar-refractivity contribution is 5.33. The molecule has 1 saturated heterocycles. The number of nitrogens with zero attached hydrogens (tertiary/aromatic N) is 4. The third kappa shape index (κ3) is 9.35. The second-order valence-corrected chi connectivity index (χ2v) is 11.1. The topological polar surface area (TPSA) is 137 Å². The second-order valence-electron chi connectivity index (χ2n) is 11.1. The van der Waals surface area contributed by atoms with Gasteiger partial charge in [-0.15, -0.1) is 0 Å². The number of ether oxygens (including phenoxy) is 8. The molecule has 1 aliphatic heterocycles. The van der Waals surface area contributed by atoms with E-state index in [2.05, 4.69) is 49.5 Å². The highest BCUT2D eigenvalue weighted by Crippen LogP contribution is 2.37. The summed E-state index contributed by atoms with van der Waals surface area (Å²) in [6.07, 6.45) is 3.86. The Hall–Kier alpha value is -4.88. The predicted octanol–water partition coefficient (Wildman–Crippen LogP) is 4.36. The SMILES string of the molecule is COc1cnc(OC[C@H]2CNC[C@@H](COc3ncc(OC)c(OC)n3)C2c2ccc(OCCCOCc3ccccc3)cc2)nc1OC. The van der Waals surface area contributed by atoms with Gasteiger partial charge in [0.1, 0.15) is 5.75 Å². The van der Waals surface area contributed by atoms with Crippen molar-refractivity contribution in [1.82, 2.24) is 25.3 Å². The normalized spacial score (nSPS) is 17.3. The van der Waals surface area contributed by atoms with Crippen LogP contribution in [-0.2, 0) is 11.3 Å². The summed E-state index contributed by atoms with van der Waals surface area (Å²) in [6.45, 7) is 3.95. The van der Waals surface area contributed by atoms with Crippen LogP contribution in [0.25, 0.3) is 0 Å². The van der Waals surface area contributed by atoms with E-state index in [9.17, 15) is 0 Å². The molecule has 2 aromatic carbocycles. The second kappa shape index (κ2) is 17.9. The third-order valence-corrected chi connectivity index (χ3v) is 7.99. The van der Waals surface area contributed by atoms with Crippen LogP contribution >= 0.6 is 0 Å². The van der Waals surface area contributed by atoms with Crippen LogP contribution < -0.4 is 38.5 Å². The highest BCUT2D eigenvalue weighted by atomic mass is 16.5. The number of aromatic nitrogens is 4. The van der Waals surface area contributed by atoms with Gasteiger partial charge in [0.2, 0.25) is 0 Å². The van der Waals surface area contributed by atoms with E-state index in [1.54, 1.807) is 0 Å². The van der Waals surface area contributed by atoms with Crippen LogP contribution in [0.5, 0.6) is 41.0 Å². The lowest BCUT2D eigenvalue weighted by molar-refractivity contribution is 0.107. The molecule has 13 heteroatoms. The Bertz CT molecular complexity index is 1480. The Balaban J connectivity index is 1.24. The van der Waals surface area contributed by atoms with Gasteiger partial charge in [0.15, 0.2) is 11.5 Å². The van der Waals surface area contributed by atoms with E-state index in [0.29, 0.717) is 56.3 Å². The minimum atomic E-state index is 0.0592. The molecule has 0 amide bonds. The van der Waals surface area contributed by atoms with E-state index in [1.807, 2.05) is 30.3 Å². The summed E-state index contributed by atoms with van der Waals surface area (Å²) in [5.74, 6) is 2.45. The molecular formula is C35H43N5O8. The van der Waals surface area contributed by atoms with E-state index >= 15 is 0 Å². The van der Waals surface area contributed by atoms with Gasteiger partial charge in [0.05, 0.1) is 73.9 Å². The van der Waals surface area contributed by atoms with Crippen LogP contribution in [0.3, 0.4) is 0 Å². The molecule has 256 valence electrons. The average Bonchev–Trinajstić information content (AvgIpc) is 3.14. The molecule has 0 spiro atoms. The zero-order chi connectivity index (χ0) is 33.6. The molecule has 0 radical (unpaired) electrons. The van der Waals surface area contributed by atoms with Crippen LogP contribution in [-0.4, -0.2) is 87.9 Å². The number of hydrogen-bond acceptors (Lipinski definition) is 13. The van der Waals surface area contributed by atoms with Crippen molar-refractivity contribution in [3.63, 3.8) is 0 Å². The van der Waals surface area contributed by atoms with E-state index in [0.717, 1.165) is 36.4 Å². The molecular weight excluding hydrogens is 618 g/mol. The molecule has 2 aromatic heterocycles. The van der Waals surface area contributed by atoms with Gasteiger partial charge in [-0.2, -0.15) is 19.9 Å². The summed E-state index contributed by atoms with van der Waals surface area (Å²) in [5.41, 5.74) is 2.30. The maximum absolute atomic E-state index is 6.11. The largest absolute Gasteiger partial charge is 0.494 e. The molecule has 0 bridgehead atoms. The van der Waals surface area contributed by atoms with Crippen LogP contribution in [0.15, 0.2) is 67.0 Å². The van der Waals surface area contributed by atoms with Gasteiger partial charge in [-0.25, -0.2) is 0 Å². The van der Waals surface area contributed by atoms with E-state index in [4.69, 9.17) is 37.9 Å². The van der Waals surface area contributed by atoms with Crippen LogP contribution in [0, 0.1) is 11.8 Å². The highest BCUT2D eigenvalue weighted by Gasteiger charge is 2.36. The number of rotatable bonds is 18. The quantitative estimate of drug-likeness (QED) is 0.151. The molecule has 1 N–H and O–H groups in total. The average molecular weight is 662 g/mol. The van der Waals surface area contributed by atoms with Gasteiger partial charge in [-0.3, -0.25) is 0 Å². The summed E-state index contributed by atoms with van der Waals surface area (Å²) in [5, 5.41) is 3.54. The fourth-order valence-electron chi connectivity index (χ4n) is 5.62. The Labute approximate surface area is 280 Å². The lowest BCUT2D eigenvalue weighted by Crippen LogP contribution is -2.46. The van der Waals surface area contributed by atoms with Gasteiger partial charge in [0, 0.05) is 31.3 Å². The third-order valence-electron chi connectivity index (χ3n) is 7.99. The van der Waals surface area contributed by atoms with Gasteiger partial charge in [-0.05, 0) is 29.2 Å². The number of benzene rings is 2. The van der Waals surface area contributed by atoms with Crippen molar-refractivity contribution in [1.29, 1.82) is 0 Å². The minimum absolute atomic E-state index is 0.0592. The molecule has 0 saturated carbocycles. The molecule has 1 fully saturated rings. The molecule has 13 nitrogen and oxygen atoms in total. The van der Waals surface area contributed by atoms with Gasteiger partial charge < -0.3 is 43.2 Å².